The lowest BCUT2D eigenvalue weighted by atomic mass is 10.0. The zero-order valence-corrected chi connectivity index (χ0v) is 18.1. The van der Waals surface area contributed by atoms with Gasteiger partial charge in [-0.15, -0.1) is 0 Å². The van der Waals surface area contributed by atoms with Gasteiger partial charge in [-0.25, -0.2) is 0 Å². The summed E-state index contributed by atoms with van der Waals surface area (Å²) in [6, 6.07) is 16.3. The van der Waals surface area contributed by atoms with E-state index < -0.39 is 0 Å². The van der Waals surface area contributed by atoms with Crippen LogP contribution in [0.5, 0.6) is 5.75 Å². The molecule has 0 atom stereocenters. The molecule has 4 nitrogen and oxygen atoms in total. The Labute approximate surface area is 178 Å². The van der Waals surface area contributed by atoms with E-state index >= 15 is 0 Å². The van der Waals surface area contributed by atoms with Gasteiger partial charge in [0.15, 0.2) is 5.11 Å². The number of rotatable bonds is 6. The Morgan fingerprint density at radius 2 is 1.86 bits per heavy atom. The van der Waals surface area contributed by atoms with E-state index in [0.29, 0.717) is 24.3 Å². The first kappa shape index (κ1) is 20.9. The third-order valence-corrected chi connectivity index (χ3v) is 5.82. The average molecular weight is 418 g/mol. The average Bonchev–Trinajstić information content (AvgIpc) is 2.70. The van der Waals surface area contributed by atoms with E-state index in [1.807, 2.05) is 49.4 Å². The van der Waals surface area contributed by atoms with E-state index in [1.165, 1.54) is 0 Å². The number of likely N-dealkylation sites (tertiary alicyclic amines) is 1. The second kappa shape index (κ2) is 10.1. The molecule has 0 bridgehead atoms. The van der Waals surface area contributed by atoms with Crippen molar-refractivity contribution in [2.45, 2.75) is 32.4 Å². The minimum absolute atomic E-state index is 0.381. The molecule has 2 aromatic rings. The molecule has 2 aromatic carbocycles. The highest BCUT2D eigenvalue weighted by Crippen LogP contribution is 2.27. The van der Waals surface area contributed by atoms with Crippen LogP contribution in [0.1, 0.15) is 25.3 Å². The van der Waals surface area contributed by atoms with Crippen LogP contribution in [0.4, 0.5) is 5.69 Å². The summed E-state index contributed by atoms with van der Waals surface area (Å²) in [7, 11) is 2.17. The quantitative estimate of drug-likeness (QED) is 0.665. The Kier molecular flexibility index (Phi) is 7.54. The predicted molar refractivity (Wildman–Crippen MR) is 121 cm³/mol. The molecule has 0 saturated carbocycles. The number of ether oxygens (including phenoxy) is 1. The first-order chi connectivity index (χ1) is 13.6. The summed E-state index contributed by atoms with van der Waals surface area (Å²) in [5, 5.41) is 4.91. The lowest BCUT2D eigenvalue weighted by Crippen LogP contribution is -2.47. The second-order valence-corrected chi connectivity index (χ2v) is 7.91. The van der Waals surface area contributed by atoms with Crippen LogP contribution in [-0.2, 0) is 6.54 Å². The Bertz CT molecular complexity index is 793. The molecular formula is C22H28ClN3OS. The molecule has 1 aliphatic rings. The van der Waals surface area contributed by atoms with Crippen LogP contribution >= 0.6 is 23.8 Å². The maximum atomic E-state index is 6.44. The van der Waals surface area contributed by atoms with Crippen molar-refractivity contribution in [3.8, 4) is 5.75 Å². The van der Waals surface area contributed by atoms with Crippen molar-refractivity contribution in [1.82, 2.24) is 9.80 Å². The molecule has 0 radical (unpaired) electrons. The number of hydrogen-bond acceptors (Lipinski definition) is 3. The molecule has 1 fully saturated rings. The minimum atomic E-state index is 0.381. The van der Waals surface area contributed by atoms with Crippen LogP contribution in [0, 0.1) is 0 Å². The van der Waals surface area contributed by atoms with Crippen LogP contribution in [0.15, 0.2) is 48.5 Å². The number of hydrogen-bond donors (Lipinski definition) is 1. The summed E-state index contributed by atoms with van der Waals surface area (Å²) in [5.41, 5.74) is 1.98. The molecule has 0 unspecified atom stereocenters. The third-order valence-electron chi connectivity index (χ3n) is 5.12. The summed E-state index contributed by atoms with van der Waals surface area (Å²) in [6.07, 6.45) is 2.16. The van der Waals surface area contributed by atoms with Crippen LogP contribution < -0.4 is 10.1 Å². The van der Waals surface area contributed by atoms with Crippen molar-refractivity contribution < 1.29 is 4.74 Å². The molecule has 1 N–H and O–H groups in total. The number of piperidine rings is 1. The second-order valence-electron chi connectivity index (χ2n) is 7.11. The van der Waals surface area contributed by atoms with Crippen molar-refractivity contribution in [1.29, 1.82) is 0 Å². The van der Waals surface area contributed by atoms with E-state index in [9.17, 15) is 0 Å². The predicted octanol–water partition coefficient (Wildman–Crippen LogP) is 5.03. The van der Waals surface area contributed by atoms with Crippen LogP contribution in [0.2, 0.25) is 5.02 Å². The van der Waals surface area contributed by atoms with Gasteiger partial charge in [0.25, 0.3) is 0 Å². The van der Waals surface area contributed by atoms with Gasteiger partial charge in [0.2, 0.25) is 0 Å². The first-order valence-corrected chi connectivity index (χ1v) is 10.6. The van der Waals surface area contributed by atoms with Crippen molar-refractivity contribution in [3.05, 3.63) is 59.1 Å². The van der Waals surface area contributed by atoms with Crippen LogP contribution in [0.3, 0.4) is 0 Å². The summed E-state index contributed by atoms with van der Waals surface area (Å²) in [4.78, 5) is 4.65. The molecule has 1 saturated heterocycles. The van der Waals surface area contributed by atoms with Gasteiger partial charge in [-0.2, -0.15) is 0 Å². The highest BCUT2D eigenvalue weighted by Gasteiger charge is 2.26. The van der Waals surface area contributed by atoms with E-state index in [1.54, 1.807) is 0 Å². The third kappa shape index (κ3) is 5.37. The van der Waals surface area contributed by atoms with Crippen LogP contribution in [-0.4, -0.2) is 47.7 Å². The van der Waals surface area contributed by atoms with Gasteiger partial charge in [0.1, 0.15) is 5.75 Å². The van der Waals surface area contributed by atoms with Crippen LogP contribution in [0.25, 0.3) is 0 Å². The van der Waals surface area contributed by atoms with E-state index in [-0.39, 0.29) is 0 Å². The Balaban J connectivity index is 1.81. The molecule has 0 amide bonds. The molecule has 3 rings (SSSR count). The summed E-state index contributed by atoms with van der Waals surface area (Å²) < 4.78 is 5.75. The fourth-order valence-corrected chi connectivity index (χ4v) is 4.04. The Morgan fingerprint density at radius 3 is 2.57 bits per heavy atom. The molecule has 0 aromatic heterocycles. The van der Waals surface area contributed by atoms with Gasteiger partial charge in [-0.3, -0.25) is 0 Å². The number of benzene rings is 2. The topological polar surface area (TPSA) is 27.7 Å². The van der Waals surface area contributed by atoms with Gasteiger partial charge in [-0.1, -0.05) is 41.9 Å². The molecule has 0 aliphatic carbocycles. The van der Waals surface area contributed by atoms with Crippen molar-refractivity contribution in [2.75, 3.05) is 32.1 Å². The number of nitrogens with zero attached hydrogens (tertiary/aromatic N) is 2. The van der Waals surface area contributed by atoms with Gasteiger partial charge < -0.3 is 19.9 Å². The largest absolute Gasteiger partial charge is 0.492 e. The Hall–Kier alpha value is -1.82. The summed E-state index contributed by atoms with van der Waals surface area (Å²) in [6.45, 7) is 5.43. The number of thiocarbonyl (C=S) groups is 1. The van der Waals surface area contributed by atoms with E-state index in [0.717, 1.165) is 48.0 Å². The molecule has 150 valence electrons. The molecule has 28 heavy (non-hydrogen) atoms. The monoisotopic (exact) mass is 417 g/mol. The highest BCUT2D eigenvalue weighted by atomic mass is 35.5. The molecular weight excluding hydrogens is 390 g/mol. The number of anilines is 1. The van der Waals surface area contributed by atoms with Crippen molar-refractivity contribution >= 4 is 34.6 Å². The van der Waals surface area contributed by atoms with Crippen molar-refractivity contribution in [2.24, 2.45) is 0 Å². The lowest BCUT2D eigenvalue weighted by molar-refractivity contribution is 0.173. The zero-order chi connectivity index (χ0) is 19.9. The Morgan fingerprint density at radius 1 is 1.18 bits per heavy atom. The van der Waals surface area contributed by atoms with E-state index in [4.69, 9.17) is 28.6 Å². The fraction of sp³-hybridized carbons (Fsp3) is 0.409. The minimum Gasteiger partial charge on any atom is -0.492 e. The zero-order valence-electron chi connectivity index (χ0n) is 16.5. The van der Waals surface area contributed by atoms with Gasteiger partial charge in [-0.05, 0) is 75.9 Å². The normalized spacial score (nSPS) is 15.2. The summed E-state index contributed by atoms with van der Waals surface area (Å²) >= 11 is 12.3. The number of para-hydroxylation sites is 2. The molecule has 6 heteroatoms. The van der Waals surface area contributed by atoms with E-state index in [2.05, 4.69) is 28.2 Å². The lowest BCUT2D eigenvalue weighted by Gasteiger charge is -2.39. The highest BCUT2D eigenvalue weighted by molar-refractivity contribution is 7.80. The molecule has 0 spiro atoms. The number of nitrogens with one attached hydrogen (secondary N) is 1. The fourth-order valence-electron chi connectivity index (χ4n) is 3.52. The first-order valence-electron chi connectivity index (χ1n) is 9.80. The smallest absolute Gasteiger partial charge is 0.174 e. The maximum absolute atomic E-state index is 6.44. The SMILES string of the molecule is CCOc1ccccc1NC(=S)N(Cc1ccccc1Cl)C1CCN(C)CC1. The van der Waals surface area contributed by atoms with Gasteiger partial charge >= 0.3 is 0 Å². The van der Waals surface area contributed by atoms with Crippen molar-refractivity contribution in [3.63, 3.8) is 0 Å². The molecule has 1 aliphatic heterocycles. The van der Waals surface area contributed by atoms with Gasteiger partial charge in [0.05, 0.1) is 12.3 Å². The molecule has 1 heterocycles. The summed E-state index contributed by atoms with van der Waals surface area (Å²) in [5.74, 6) is 0.813. The maximum Gasteiger partial charge on any atom is 0.174 e. The standard InChI is InChI=1S/C22H28ClN3OS/c1-3-27-21-11-7-6-10-20(21)24-22(28)26(18-12-14-25(2)15-13-18)16-17-8-4-5-9-19(17)23/h4-11,18H,3,12-16H2,1-2H3,(H,24,28). The number of halogens is 1. The van der Waals surface area contributed by atoms with Gasteiger partial charge in [0, 0.05) is 17.6 Å².